The average molecular weight is 321 g/mol. The van der Waals surface area contributed by atoms with Crippen LogP contribution in [0, 0.1) is 5.82 Å². The number of nitrogens with one attached hydrogen (secondary N) is 2. The van der Waals surface area contributed by atoms with Crippen LogP contribution in [0.5, 0.6) is 0 Å². The van der Waals surface area contributed by atoms with Gasteiger partial charge in [0.15, 0.2) is 0 Å². The molecular weight excluding hydrogens is 297 g/mol. The molecule has 0 spiro atoms. The fraction of sp³-hybridized carbons (Fsp3) is 0.529. The lowest BCUT2D eigenvalue weighted by molar-refractivity contribution is -0.129. The molecule has 0 radical (unpaired) electrons. The van der Waals surface area contributed by atoms with E-state index in [-0.39, 0.29) is 29.8 Å². The molecule has 1 aliphatic rings. The Bertz CT molecular complexity index is 539. The van der Waals surface area contributed by atoms with Gasteiger partial charge in [-0.1, -0.05) is 12.1 Å². The molecule has 1 aromatic carbocycles. The van der Waals surface area contributed by atoms with E-state index in [0.717, 1.165) is 18.4 Å². The minimum atomic E-state index is -0.260. The van der Waals surface area contributed by atoms with E-state index in [4.69, 9.17) is 0 Å². The largest absolute Gasteiger partial charge is 0.343 e. The van der Waals surface area contributed by atoms with Gasteiger partial charge >= 0.3 is 6.03 Å². The zero-order valence-corrected chi connectivity index (χ0v) is 13.6. The van der Waals surface area contributed by atoms with Gasteiger partial charge in [-0.2, -0.15) is 0 Å². The molecule has 1 atom stereocenters. The fourth-order valence-electron chi connectivity index (χ4n) is 2.81. The number of benzene rings is 1. The maximum absolute atomic E-state index is 12.9. The minimum Gasteiger partial charge on any atom is -0.343 e. The van der Waals surface area contributed by atoms with Gasteiger partial charge in [0.05, 0.1) is 0 Å². The van der Waals surface area contributed by atoms with Gasteiger partial charge in [-0.05, 0) is 43.9 Å². The van der Waals surface area contributed by atoms with Gasteiger partial charge in [0.2, 0.25) is 5.91 Å². The van der Waals surface area contributed by atoms with Crippen LogP contribution in [0.15, 0.2) is 24.3 Å². The minimum absolute atomic E-state index is 0.0437. The Morgan fingerprint density at radius 2 is 1.87 bits per heavy atom. The molecule has 6 heteroatoms. The maximum atomic E-state index is 12.9. The standard InChI is InChI=1S/C17H24FN3O2/c1-12(11-14-3-5-15(18)6-4-14)19-17(23)20-16-7-9-21(10-8-16)13(2)22/h3-6,12,16H,7-11H2,1-2H3,(H2,19,20,23). The summed E-state index contributed by atoms with van der Waals surface area (Å²) in [7, 11) is 0. The van der Waals surface area contributed by atoms with Crippen LogP contribution in [0.4, 0.5) is 9.18 Å². The van der Waals surface area contributed by atoms with Crippen LogP contribution in [0.25, 0.3) is 0 Å². The van der Waals surface area contributed by atoms with E-state index in [2.05, 4.69) is 10.6 Å². The van der Waals surface area contributed by atoms with E-state index < -0.39 is 0 Å². The van der Waals surface area contributed by atoms with Crippen molar-refractivity contribution in [1.29, 1.82) is 0 Å². The second-order valence-corrected chi connectivity index (χ2v) is 6.13. The van der Waals surface area contributed by atoms with Crippen molar-refractivity contribution < 1.29 is 14.0 Å². The SMILES string of the molecule is CC(=O)N1CCC(NC(=O)NC(C)Cc2ccc(F)cc2)CC1. The van der Waals surface area contributed by atoms with Crippen LogP contribution in [0.2, 0.25) is 0 Å². The molecule has 2 N–H and O–H groups in total. The normalized spacial score (nSPS) is 16.7. The number of hydrogen-bond acceptors (Lipinski definition) is 2. The summed E-state index contributed by atoms with van der Waals surface area (Å²) in [5.41, 5.74) is 0.981. The van der Waals surface area contributed by atoms with Gasteiger partial charge in [-0.15, -0.1) is 0 Å². The molecule has 1 unspecified atom stereocenters. The van der Waals surface area contributed by atoms with Crippen molar-refractivity contribution in [1.82, 2.24) is 15.5 Å². The molecule has 1 saturated heterocycles. The highest BCUT2D eigenvalue weighted by Gasteiger charge is 2.22. The number of nitrogens with zero attached hydrogens (tertiary/aromatic N) is 1. The first-order chi connectivity index (χ1) is 10.9. The summed E-state index contributed by atoms with van der Waals surface area (Å²) in [4.78, 5) is 25.1. The number of urea groups is 1. The lowest BCUT2D eigenvalue weighted by atomic mass is 10.1. The van der Waals surface area contributed by atoms with Gasteiger partial charge in [-0.3, -0.25) is 4.79 Å². The first-order valence-corrected chi connectivity index (χ1v) is 8.01. The molecule has 1 fully saturated rings. The highest BCUT2D eigenvalue weighted by Crippen LogP contribution is 2.10. The van der Waals surface area contributed by atoms with Crippen molar-refractivity contribution in [3.63, 3.8) is 0 Å². The molecular formula is C17H24FN3O2. The Morgan fingerprint density at radius 3 is 2.43 bits per heavy atom. The van der Waals surface area contributed by atoms with Crippen LogP contribution >= 0.6 is 0 Å². The zero-order valence-electron chi connectivity index (χ0n) is 13.6. The van der Waals surface area contributed by atoms with Gasteiger partial charge < -0.3 is 15.5 Å². The molecule has 2 rings (SSSR count). The lowest BCUT2D eigenvalue weighted by Crippen LogP contribution is -2.50. The van der Waals surface area contributed by atoms with Crippen LogP contribution in [-0.2, 0) is 11.2 Å². The number of halogens is 1. The second kappa shape index (κ2) is 7.94. The molecule has 5 nitrogen and oxygen atoms in total. The molecule has 3 amide bonds. The monoisotopic (exact) mass is 321 g/mol. The smallest absolute Gasteiger partial charge is 0.315 e. The Morgan fingerprint density at radius 1 is 1.26 bits per heavy atom. The maximum Gasteiger partial charge on any atom is 0.315 e. The van der Waals surface area contributed by atoms with E-state index in [9.17, 15) is 14.0 Å². The summed E-state index contributed by atoms with van der Waals surface area (Å²) in [5.74, 6) is -0.176. The van der Waals surface area contributed by atoms with E-state index in [1.54, 1.807) is 24.0 Å². The average Bonchev–Trinajstić information content (AvgIpc) is 2.50. The van der Waals surface area contributed by atoms with Crippen LogP contribution in [-0.4, -0.2) is 42.0 Å². The predicted molar refractivity (Wildman–Crippen MR) is 86.5 cm³/mol. The third kappa shape index (κ3) is 5.54. The van der Waals surface area contributed by atoms with Crippen molar-refractivity contribution in [3.05, 3.63) is 35.6 Å². The number of rotatable bonds is 4. The third-order valence-corrected chi connectivity index (χ3v) is 4.11. The molecule has 0 aromatic heterocycles. The molecule has 1 aliphatic heterocycles. The van der Waals surface area contributed by atoms with Crippen molar-refractivity contribution in [2.45, 2.75) is 45.2 Å². The highest BCUT2D eigenvalue weighted by molar-refractivity contribution is 5.75. The Balaban J connectivity index is 1.72. The quantitative estimate of drug-likeness (QED) is 0.892. The van der Waals surface area contributed by atoms with Gasteiger partial charge in [0.1, 0.15) is 5.82 Å². The molecule has 126 valence electrons. The predicted octanol–water partition coefficient (Wildman–Crippen LogP) is 2.07. The Kier molecular flexibility index (Phi) is 5.96. The number of carbonyl (C=O) groups is 2. The summed E-state index contributed by atoms with van der Waals surface area (Å²) >= 11 is 0. The summed E-state index contributed by atoms with van der Waals surface area (Å²) in [5, 5.41) is 5.86. The van der Waals surface area contributed by atoms with Gasteiger partial charge in [-0.25, -0.2) is 9.18 Å². The Labute approximate surface area is 136 Å². The molecule has 23 heavy (non-hydrogen) atoms. The first-order valence-electron chi connectivity index (χ1n) is 8.01. The lowest BCUT2D eigenvalue weighted by Gasteiger charge is -2.32. The van der Waals surface area contributed by atoms with E-state index >= 15 is 0 Å². The summed E-state index contributed by atoms with van der Waals surface area (Å²) in [6, 6.07) is 6.16. The number of likely N-dealkylation sites (tertiary alicyclic amines) is 1. The van der Waals surface area contributed by atoms with E-state index in [1.807, 2.05) is 6.92 Å². The Hall–Kier alpha value is -2.11. The number of amides is 3. The third-order valence-electron chi connectivity index (χ3n) is 4.11. The van der Waals surface area contributed by atoms with Crippen LogP contribution < -0.4 is 10.6 Å². The van der Waals surface area contributed by atoms with Crippen molar-refractivity contribution in [2.24, 2.45) is 0 Å². The summed E-state index contributed by atoms with van der Waals surface area (Å²) < 4.78 is 12.9. The van der Waals surface area contributed by atoms with Gasteiger partial charge in [0, 0.05) is 32.1 Å². The number of hydrogen-bond donors (Lipinski definition) is 2. The fourth-order valence-corrected chi connectivity index (χ4v) is 2.81. The summed E-state index contributed by atoms with van der Waals surface area (Å²) in [6.45, 7) is 4.86. The first kappa shape index (κ1) is 17.2. The number of piperidine rings is 1. The highest BCUT2D eigenvalue weighted by atomic mass is 19.1. The molecule has 0 aliphatic carbocycles. The van der Waals surface area contributed by atoms with Crippen molar-refractivity contribution in [3.8, 4) is 0 Å². The van der Waals surface area contributed by atoms with E-state index in [0.29, 0.717) is 19.5 Å². The number of carbonyl (C=O) groups excluding carboxylic acids is 2. The molecule has 1 heterocycles. The summed E-state index contributed by atoms with van der Waals surface area (Å²) in [6.07, 6.45) is 2.20. The zero-order chi connectivity index (χ0) is 16.8. The molecule has 0 saturated carbocycles. The second-order valence-electron chi connectivity index (χ2n) is 6.13. The van der Waals surface area contributed by atoms with Crippen LogP contribution in [0.3, 0.4) is 0 Å². The van der Waals surface area contributed by atoms with E-state index in [1.165, 1.54) is 12.1 Å². The molecule has 0 bridgehead atoms. The van der Waals surface area contributed by atoms with Gasteiger partial charge in [0.25, 0.3) is 0 Å². The molecule has 1 aromatic rings. The van der Waals surface area contributed by atoms with Crippen molar-refractivity contribution in [2.75, 3.05) is 13.1 Å². The topological polar surface area (TPSA) is 61.4 Å². The van der Waals surface area contributed by atoms with Crippen LogP contribution in [0.1, 0.15) is 32.3 Å². The van der Waals surface area contributed by atoms with Crippen molar-refractivity contribution >= 4 is 11.9 Å².